The van der Waals surface area contributed by atoms with Crippen LogP contribution >= 0.6 is 15.9 Å². The molecule has 3 nitrogen and oxygen atoms in total. The van der Waals surface area contributed by atoms with E-state index in [1.165, 1.54) is 16.8 Å². The van der Waals surface area contributed by atoms with E-state index in [1.807, 2.05) is 12.1 Å². The topological polar surface area (TPSA) is 36.3 Å². The summed E-state index contributed by atoms with van der Waals surface area (Å²) in [6, 6.07) is 27.3. The standard InChI is InChI=1S/C35H37BrN2O/c1-27(9-10-29-11-19-34(20-12-29)38(3)24-8-6-5-7-23-37)25-32(31-15-21-35(39-4)22-16-31)26-28(2)30-13-17-33(36)18-14-30/h9-22,25-26H,1,5-8,24H2,2-4H3/b10-9+,28-26+,32-25+. The van der Waals surface area contributed by atoms with Crippen LogP contribution < -0.4 is 9.64 Å². The second-order valence-corrected chi connectivity index (χ2v) is 10.5. The average molecular weight is 582 g/mol. The fourth-order valence-corrected chi connectivity index (χ4v) is 4.44. The van der Waals surface area contributed by atoms with Crippen LogP contribution in [0.1, 0.15) is 49.3 Å². The number of rotatable bonds is 13. The first-order valence-electron chi connectivity index (χ1n) is 13.2. The Morgan fingerprint density at radius 1 is 0.923 bits per heavy atom. The molecule has 0 atom stereocenters. The Hall–Kier alpha value is -3.81. The van der Waals surface area contributed by atoms with Crippen LogP contribution in [-0.4, -0.2) is 20.7 Å². The van der Waals surface area contributed by atoms with E-state index >= 15 is 0 Å². The number of benzene rings is 3. The van der Waals surface area contributed by atoms with E-state index in [2.05, 4.69) is 132 Å². The molecule has 0 saturated carbocycles. The van der Waals surface area contributed by atoms with Gasteiger partial charge in [0.15, 0.2) is 0 Å². The molecule has 0 N–H and O–H groups in total. The van der Waals surface area contributed by atoms with Crippen molar-refractivity contribution in [3.05, 3.63) is 124 Å². The van der Waals surface area contributed by atoms with E-state index in [4.69, 9.17) is 10.00 Å². The second kappa shape index (κ2) is 15.6. The van der Waals surface area contributed by atoms with E-state index in [0.717, 1.165) is 58.3 Å². The number of unbranched alkanes of at least 4 members (excludes halogenated alkanes) is 3. The molecule has 3 aromatic rings. The molecule has 0 unspecified atom stereocenters. The summed E-state index contributed by atoms with van der Waals surface area (Å²) in [5.74, 6) is 0.832. The zero-order chi connectivity index (χ0) is 28.0. The first-order chi connectivity index (χ1) is 18.9. The summed E-state index contributed by atoms with van der Waals surface area (Å²) in [7, 11) is 3.80. The summed E-state index contributed by atoms with van der Waals surface area (Å²) in [6.45, 7) is 7.43. The van der Waals surface area contributed by atoms with Crippen LogP contribution in [0, 0.1) is 11.3 Å². The van der Waals surface area contributed by atoms with Crippen molar-refractivity contribution in [2.24, 2.45) is 0 Å². The Kier molecular flexibility index (Phi) is 11.9. The van der Waals surface area contributed by atoms with E-state index in [1.54, 1.807) is 7.11 Å². The first kappa shape index (κ1) is 29.7. The number of hydrogen-bond acceptors (Lipinski definition) is 3. The molecular weight excluding hydrogens is 544 g/mol. The Morgan fingerprint density at radius 2 is 1.59 bits per heavy atom. The molecule has 0 aromatic heterocycles. The van der Waals surface area contributed by atoms with Crippen LogP contribution in [-0.2, 0) is 0 Å². The molecule has 0 aliphatic carbocycles. The van der Waals surface area contributed by atoms with Crippen molar-refractivity contribution in [2.75, 3.05) is 25.6 Å². The van der Waals surface area contributed by atoms with Crippen molar-refractivity contribution in [2.45, 2.75) is 32.6 Å². The fraction of sp³-hybridized carbons (Fsp3) is 0.229. The maximum Gasteiger partial charge on any atom is 0.118 e. The van der Waals surface area contributed by atoms with Crippen molar-refractivity contribution < 1.29 is 4.74 Å². The number of anilines is 1. The Labute approximate surface area is 242 Å². The minimum atomic E-state index is 0.647. The SMILES string of the molecule is C=C(/C=C/c1ccc(N(C)CCCCCC#N)cc1)/C=C(\C=C(/C)c1ccc(Br)cc1)c1ccc(OC)cc1. The van der Waals surface area contributed by atoms with E-state index < -0.39 is 0 Å². The summed E-state index contributed by atoms with van der Waals surface area (Å²) in [6.07, 6.45) is 12.3. The Bertz CT molecular complexity index is 1340. The molecule has 0 heterocycles. The van der Waals surface area contributed by atoms with Crippen molar-refractivity contribution in [3.8, 4) is 11.8 Å². The van der Waals surface area contributed by atoms with Gasteiger partial charge in [-0.1, -0.05) is 83.6 Å². The van der Waals surface area contributed by atoms with Crippen LogP contribution in [0.15, 0.2) is 108 Å². The van der Waals surface area contributed by atoms with Gasteiger partial charge in [0.1, 0.15) is 5.75 Å². The molecule has 3 aromatic carbocycles. The van der Waals surface area contributed by atoms with Crippen molar-refractivity contribution in [1.29, 1.82) is 5.26 Å². The predicted octanol–water partition coefficient (Wildman–Crippen LogP) is 9.73. The third kappa shape index (κ3) is 9.78. The molecule has 39 heavy (non-hydrogen) atoms. The van der Waals surface area contributed by atoms with Crippen LogP contribution in [0.2, 0.25) is 0 Å². The molecule has 0 saturated heterocycles. The summed E-state index contributed by atoms with van der Waals surface area (Å²) in [5, 5.41) is 8.67. The van der Waals surface area contributed by atoms with Gasteiger partial charge in [0.2, 0.25) is 0 Å². The number of nitriles is 1. The van der Waals surface area contributed by atoms with Crippen molar-refractivity contribution in [1.82, 2.24) is 0 Å². The maximum atomic E-state index is 8.67. The first-order valence-corrected chi connectivity index (χ1v) is 14.0. The highest BCUT2D eigenvalue weighted by atomic mass is 79.9. The van der Waals surface area contributed by atoms with Crippen molar-refractivity contribution in [3.63, 3.8) is 0 Å². The Morgan fingerprint density at radius 3 is 2.23 bits per heavy atom. The van der Waals surface area contributed by atoms with E-state index in [9.17, 15) is 0 Å². The summed E-state index contributed by atoms with van der Waals surface area (Å²) >= 11 is 3.52. The molecule has 0 fully saturated rings. The molecule has 0 amide bonds. The largest absolute Gasteiger partial charge is 0.497 e. The highest BCUT2D eigenvalue weighted by Crippen LogP contribution is 2.26. The number of hydrogen-bond donors (Lipinski definition) is 0. The number of ether oxygens (including phenoxy) is 1. The van der Waals surface area contributed by atoms with Crippen LogP contribution in [0.25, 0.3) is 17.2 Å². The second-order valence-electron chi connectivity index (χ2n) is 9.55. The number of nitrogens with zero attached hydrogens (tertiary/aromatic N) is 2. The molecule has 0 spiro atoms. The van der Waals surface area contributed by atoms with Gasteiger partial charge in [-0.05, 0) is 95.6 Å². The Balaban J connectivity index is 1.74. The molecule has 0 aliphatic heterocycles. The monoisotopic (exact) mass is 580 g/mol. The normalized spacial score (nSPS) is 11.9. The third-order valence-electron chi connectivity index (χ3n) is 6.54. The minimum Gasteiger partial charge on any atom is -0.497 e. The quantitative estimate of drug-likeness (QED) is 0.149. The minimum absolute atomic E-state index is 0.647. The van der Waals surface area contributed by atoms with Crippen LogP contribution in [0.3, 0.4) is 0 Å². The lowest BCUT2D eigenvalue weighted by molar-refractivity contribution is 0.415. The molecule has 3 rings (SSSR count). The van der Waals surface area contributed by atoms with Crippen LogP contribution in [0.4, 0.5) is 5.69 Å². The van der Waals surface area contributed by atoms with E-state index in [-0.39, 0.29) is 0 Å². The lowest BCUT2D eigenvalue weighted by Crippen LogP contribution is -2.18. The maximum absolute atomic E-state index is 8.67. The highest BCUT2D eigenvalue weighted by Gasteiger charge is 2.04. The number of methoxy groups -OCH3 is 1. The zero-order valence-electron chi connectivity index (χ0n) is 23.2. The molecule has 0 radical (unpaired) electrons. The van der Waals surface area contributed by atoms with Gasteiger partial charge in [-0.15, -0.1) is 0 Å². The summed E-state index contributed by atoms with van der Waals surface area (Å²) in [5.41, 5.74) is 7.77. The van der Waals surface area contributed by atoms with Gasteiger partial charge in [-0.3, -0.25) is 0 Å². The van der Waals surface area contributed by atoms with Gasteiger partial charge >= 0.3 is 0 Å². The predicted molar refractivity (Wildman–Crippen MR) is 171 cm³/mol. The lowest BCUT2D eigenvalue weighted by atomic mass is 9.98. The smallest absolute Gasteiger partial charge is 0.118 e. The highest BCUT2D eigenvalue weighted by molar-refractivity contribution is 9.10. The van der Waals surface area contributed by atoms with Gasteiger partial charge in [-0.2, -0.15) is 5.26 Å². The lowest BCUT2D eigenvalue weighted by Gasteiger charge is -2.19. The van der Waals surface area contributed by atoms with Gasteiger partial charge in [-0.25, -0.2) is 0 Å². The molecule has 4 heteroatoms. The van der Waals surface area contributed by atoms with Crippen molar-refractivity contribution >= 4 is 38.8 Å². The summed E-state index contributed by atoms with van der Waals surface area (Å²) in [4.78, 5) is 2.27. The van der Waals surface area contributed by atoms with Gasteiger partial charge < -0.3 is 9.64 Å². The molecule has 0 bridgehead atoms. The van der Waals surface area contributed by atoms with E-state index in [0.29, 0.717) is 6.42 Å². The average Bonchev–Trinajstić information content (AvgIpc) is 2.96. The zero-order valence-corrected chi connectivity index (χ0v) is 24.7. The summed E-state index contributed by atoms with van der Waals surface area (Å²) < 4.78 is 6.42. The molecule has 200 valence electrons. The molecule has 0 aliphatic rings. The number of allylic oxidation sites excluding steroid dienone is 6. The van der Waals surface area contributed by atoms with Crippen LogP contribution in [0.5, 0.6) is 5.75 Å². The number of halogens is 1. The third-order valence-corrected chi connectivity index (χ3v) is 7.07. The van der Waals surface area contributed by atoms with Gasteiger partial charge in [0.25, 0.3) is 0 Å². The molecular formula is C35H37BrN2O. The van der Waals surface area contributed by atoms with Gasteiger partial charge in [0.05, 0.1) is 13.2 Å². The van der Waals surface area contributed by atoms with Gasteiger partial charge in [0, 0.05) is 30.2 Å². The fourth-order valence-electron chi connectivity index (χ4n) is 4.17.